The molecule has 1 heterocycles. The number of rotatable bonds is 2. The van der Waals surface area contributed by atoms with E-state index in [1.54, 1.807) is 39.2 Å². The van der Waals surface area contributed by atoms with E-state index in [4.69, 9.17) is 27.9 Å². The van der Waals surface area contributed by atoms with Crippen LogP contribution in [0.25, 0.3) is 0 Å². The van der Waals surface area contributed by atoms with Gasteiger partial charge in [0.1, 0.15) is 0 Å². The molecule has 0 atom stereocenters. The summed E-state index contributed by atoms with van der Waals surface area (Å²) in [6.07, 6.45) is -0.578. The van der Waals surface area contributed by atoms with Crippen LogP contribution in [0.5, 0.6) is 0 Å². The number of hydrogen-bond acceptors (Lipinski definition) is 5. The zero-order valence-corrected chi connectivity index (χ0v) is 14.0. The lowest BCUT2D eigenvalue weighted by Crippen LogP contribution is -2.34. The Labute approximate surface area is 150 Å². The summed E-state index contributed by atoms with van der Waals surface area (Å²) in [7, 11) is 0. The Bertz CT molecular complexity index is 860. The van der Waals surface area contributed by atoms with Crippen LogP contribution in [-0.2, 0) is 4.74 Å². The molecule has 0 radical (unpaired) electrons. The standard InChI is InChI=1S/C11H9Cl2NO2.C3H3N3O3/c12-6-1-2-7-16-11(15)14-10-5-3-4-9(13)8-10;7-1-4-2(8)6-3(9)5-1/h3-5,8H,6-7H2,(H,14,15);(H3,4,5,6,7,8,9). The molecule has 1 aromatic heterocycles. The predicted molar refractivity (Wildman–Crippen MR) is 93.2 cm³/mol. The summed E-state index contributed by atoms with van der Waals surface area (Å²) in [6.45, 7) is 0.0130. The number of H-pyrrole nitrogens is 3. The predicted octanol–water partition coefficient (Wildman–Crippen LogP) is 0.882. The quantitative estimate of drug-likeness (QED) is 0.448. The van der Waals surface area contributed by atoms with Gasteiger partial charge in [0, 0.05) is 10.7 Å². The lowest BCUT2D eigenvalue weighted by Gasteiger charge is -2.04. The van der Waals surface area contributed by atoms with Crippen molar-refractivity contribution < 1.29 is 9.53 Å². The van der Waals surface area contributed by atoms with E-state index in [1.165, 1.54) is 0 Å². The number of carbonyl (C=O) groups is 1. The van der Waals surface area contributed by atoms with Crippen LogP contribution in [0.1, 0.15) is 0 Å². The third kappa shape index (κ3) is 9.04. The smallest absolute Gasteiger partial charge is 0.412 e. The second-order valence-corrected chi connectivity index (χ2v) is 4.76. The van der Waals surface area contributed by atoms with Crippen molar-refractivity contribution in [3.05, 3.63) is 60.7 Å². The third-order valence-electron chi connectivity index (χ3n) is 2.22. The second-order valence-electron chi connectivity index (χ2n) is 4.06. The number of alkyl halides is 1. The number of benzene rings is 1. The molecule has 2 rings (SSSR count). The molecule has 132 valence electrons. The topological polar surface area (TPSA) is 137 Å². The molecule has 0 saturated carbocycles. The first kappa shape index (κ1) is 20.1. The zero-order valence-electron chi connectivity index (χ0n) is 12.5. The van der Waals surface area contributed by atoms with Gasteiger partial charge in [0.05, 0.1) is 5.88 Å². The highest BCUT2D eigenvalue weighted by Crippen LogP contribution is 2.14. The third-order valence-corrected chi connectivity index (χ3v) is 2.59. The van der Waals surface area contributed by atoms with Crippen molar-refractivity contribution in [2.24, 2.45) is 0 Å². The van der Waals surface area contributed by atoms with Crippen LogP contribution in [0.3, 0.4) is 0 Å². The fraction of sp³-hybridized carbons (Fsp3) is 0.143. The van der Waals surface area contributed by atoms with Crippen LogP contribution in [0, 0.1) is 11.8 Å². The van der Waals surface area contributed by atoms with Gasteiger partial charge in [-0.25, -0.2) is 19.2 Å². The molecule has 11 heteroatoms. The number of carbonyl (C=O) groups excluding carboxylic acids is 1. The molecule has 0 unspecified atom stereocenters. The van der Waals surface area contributed by atoms with Gasteiger partial charge in [0.25, 0.3) is 0 Å². The Morgan fingerprint density at radius 3 is 2.20 bits per heavy atom. The van der Waals surface area contributed by atoms with Crippen molar-refractivity contribution in [1.82, 2.24) is 15.0 Å². The maximum absolute atomic E-state index is 11.2. The van der Waals surface area contributed by atoms with Crippen LogP contribution in [0.4, 0.5) is 10.5 Å². The minimum atomic E-state index is -0.802. The van der Waals surface area contributed by atoms with Gasteiger partial charge in [-0.1, -0.05) is 29.5 Å². The van der Waals surface area contributed by atoms with Gasteiger partial charge in [-0.15, -0.1) is 11.6 Å². The molecule has 9 nitrogen and oxygen atoms in total. The largest absolute Gasteiger partial charge is 0.436 e. The second kappa shape index (κ2) is 10.7. The molecular formula is C14H12Cl2N4O5. The average Bonchev–Trinajstić information content (AvgIpc) is 2.51. The molecule has 1 aromatic carbocycles. The summed E-state index contributed by atoms with van der Waals surface area (Å²) < 4.78 is 4.76. The van der Waals surface area contributed by atoms with Crippen molar-refractivity contribution in [3.63, 3.8) is 0 Å². The van der Waals surface area contributed by atoms with E-state index in [2.05, 4.69) is 17.2 Å². The highest BCUT2D eigenvalue weighted by Gasteiger charge is 2.01. The Kier molecular flexibility index (Phi) is 8.63. The van der Waals surface area contributed by atoms with Crippen LogP contribution < -0.4 is 22.4 Å². The lowest BCUT2D eigenvalue weighted by molar-refractivity contribution is 0.176. The van der Waals surface area contributed by atoms with E-state index in [-0.39, 0.29) is 12.5 Å². The van der Waals surface area contributed by atoms with Crippen molar-refractivity contribution in [2.75, 3.05) is 17.8 Å². The molecule has 2 aromatic rings. The molecule has 0 aliphatic rings. The van der Waals surface area contributed by atoms with Crippen LogP contribution in [0.15, 0.2) is 38.6 Å². The molecule has 25 heavy (non-hydrogen) atoms. The molecule has 1 amide bonds. The lowest BCUT2D eigenvalue weighted by atomic mass is 10.3. The number of anilines is 1. The number of halogens is 2. The number of nitrogens with one attached hydrogen (secondary N) is 4. The Morgan fingerprint density at radius 2 is 1.68 bits per heavy atom. The highest BCUT2D eigenvalue weighted by atomic mass is 35.5. The summed E-state index contributed by atoms with van der Waals surface area (Å²) in [5, 5.41) is 3.05. The van der Waals surface area contributed by atoms with Gasteiger partial charge < -0.3 is 4.74 Å². The first-order valence-electron chi connectivity index (χ1n) is 6.54. The zero-order chi connectivity index (χ0) is 18.7. The fourth-order valence-corrected chi connectivity index (χ4v) is 1.61. The van der Waals surface area contributed by atoms with Gasteiger partial charge >= 0.3 is 23.2 Å². The monoisotopic (exact) mass is 386 g/mol. The van der Waals surface area contributed by atoms with E-state index in [0.29, 0.717) is 10.7 Å². The number of aromatic amines is 3. The molecule has 0 aliphatic heterocycles. The molecule has 0 fully saturated rings. The summed E-state index contributed by atoms with van der Waals surface area (Å²) in [4.78, 5) is 47.1. The fourth-order valence-electron chi connectivity index (χ4n) is 1.32. The van der Waals surface area contributed by atoms with Crippen molar-refractivity contribution in [1.29, 1.82) is 0 Å². The van der Waals surface area contributed by atoms with Crippen LogP contribution in [-0.4, -0.2) is 33.5 Å². The minimum absolute atomic E-state index is 0.0130. The highest BCUT2D eigenvalue weighted by molar-refractivity contribution is 6.30. The van der Waals surface area contributed by atoms with Gasteiger partial charge in [-0.05, 0) is 18.2 Å². The van der Waals surface area contributed by atoms with E-state index in [1.807, 2.05) is 0 Å². The first-order valence-corrected chi connectivity index (χ1v) is 7.46. The first-order chi connectivity index (χ1) is 11.9. The molecule has 4 N–H and O–H groups in total. The maximum atomic E-state index is 11.2. The van der Waals surface area contributed by atoms with Gasteiger partial charge in [-0.2, -0.15) is 0 Å². The summed E-state index contributed by atoms with van der Waals surface area (Å²) in [5.74, 6) is 5.36. The Morgan fingerprint density at radius 1 is 1.08 bits per heavy atom. The number of amides is 1. The van der Waals surface area contributed by atoms with Crippen molar-refractivity contribution in [3.8, 4) is 11.8 Å². The number of ether oxygens (including phenoxy) is 1. The average molecular weight is 387 g/mol. The Hall–Kier alpha value is -2.96. The molecule has 0 saturated heterocycles. The van der Waals surface area contributed by atoms with Gasteiger partial charge in [0.15, 0.2) is 6.61 Å². The van der Waals surface area contributed by atoms with Crippen molar-refractivity contribution >= 4 is 35.0 Å². The van der Waals surface area contributed by atoms with E-state index in [9.17, 15) is 19.2 Å². The number of aromatic nitrogens is 3. The van der Waals surface area contributed by atoms with E-state index >= 15 is 0 Å². The normalized spacial score (nSPS) is 9.04. The van der Waals surface area contributed by atoms with Crippen LogP contribution in [0.2, 0.25) is 5.02 Å². The van der Waals surface area contributed by atoms with Gasteiger partial charge in [-0.3, -0.25) is 20.3 Å². The SMILES string of the molecule is O=C(Nc1cccc(Cl)c1)OCC#CCCl.O=c1[nH]c(=O)[nH]c(=O)[nH]1. The maximum Gasteiger partial charge on any atom is 0.412 e. The van der Waals surface area contributed by atoms with Crippen molar-refractivity contribution in [2.45, 2.75) is 0 Å². The number of hydrogen-bond donors (Lipinski definition) is 4. The Balaban J connectivity index is 0.000000293. The minimum Gasteiger partial charge on any atom is -0.436 e. The molecule has 0 bridgehead atoms. The van der Waals surface area contributed by atoms with E-state index in [0.717, 1.165) is 0 Å². The molecule has 0 spiro atoms. The molecular weight excluding hydrogens is 375 g/mol. The van der Waals surface area contributed by atoms with E-state index < -0.39 is 23.2 Å². The summed E-state index contributed by atoms with van der Waals surface area (Å²) in [5.41, 5.74) is -1.83. The molecule has 0 aliphatic carbocycles. The van der Waals surface area contributed by atoms with Gasteiger partial charge in [0.2, 0.25) is 0 Å². The summed E-state index contributed by atoms with van der Waals surface area (Å²) >= 11 is 11.1. The summed E-state index contributed by atoms with van der Waals surface area (Å²) in [6, 6.07) is 6.76. The van der Waals surface area contributed by atoms with Crippen LogP contribution >= 0.6 is 23.2 Å².